The first-order valence-corrected chi connectivity index (χ1v) is 7.85. The van der Waals surface area contributed by atoms with E-state index in [0.29, 0.717) is 31.2 Å². The Morgan fingerprint density at radius 2 is 1.80 bits per heavy atom. The van der Waals surface area contributed by atoms with E-state index in [4.69, 9.17) is 4.74 Å². The van der Waals surface area contributed by atoms with E-state index in [9.17, 15) is 5.11 Å². The zero-order chi connectivity index (χ0) is 13.8. The average Bonchev–Trinajstić information content (AvgIpc) is 2.73. The van der Waals surface area contributed by atoms with Crippen molar-refractivity contribution >= 4 is 0 Å². The highest BCUT2D eigenvalue weighted by molar-refractivity contribution is 5.13. The van der Waals surface area contributed by atoms with Crippen LogP contribution in [0.1, 0.15) is 31.2 Å². The molecule has 1 aromatic carbocycles. The lowest BCUT2D eigenvalue weighted by Gasteiger charge is -2.38. The average molecular weight is 275 g/mol. The van der Waals surface area contributed by atoms with Crippen LogP contribution in [0.15, 0.2) is 30.3 Å². The third-order valence-corrected chi connectivity index (χ3v) is 4.85. The highest BCUT2D eigenvalue weighted by atomic mass is 16.5. The van der Waals surface area contributed by atoms with Gasteiger partial charge < -0.3 is 9.84 Å². The zero-order valence-electron chi connectivity index (χ0n) is 12.1. The zero-order valence-corrected chi connectivity index (χ0v) is 12.1. The van der Waals surface area contributed by atoms with Gasteiger partial charge in [-0.15, -0.1) is 0 Å². The molecular weight excluding hydrogens is 250 g/mol. The van der Waals surface area contributed by atoms with Gasteiger partial charge in [0.1, 0.15) is 0 Å². The standard InChI is InChI=1S/C17H25NO2/c19-12-15-10-16-6-7-17(11-15)18(16)8-9-20-13-14-4-2-1-3-5-14/h1-5,15-17,19H,6-13H2/t15?,16-,17+. The van der Waals surface area contributed by atoms with E-state index in [-0.39, 0.29) is 0 Å². The predicted molar refractivity (Wildman–Crippen MR) is 79.4 cm³/mol. The fourth-order valence-electron chi connectivity index (χ4n) is 3.84. The largest absolute Gasteiger partial charge is 0.396 e. The van der Waals surface area contributed by atoms with Crippen molar-refractivity contribution in [1.82, 2.24) is 4.90 Å². The lowest BCUT2D eigenvalue weighted by atomic mass is 9.91. The summed E-state index contributed by atoms with van der Waals surface area (Å²) < 4.78 is 5.81. The van der Waals surface area contributed by atoms with Crippen molar-refractivity contribution in [3.8, 4) is 0 Å². The molecule has 0 amide bonds. The number of rotatable bonds is 6. The van der Waals surface area contributed by atoms with Gasteiger partial charge in [-0.2, -0.15) is 0 Å². The van der Waals surface area contributed by atoms with Crippen molar-refractivity contribution in [2.75, 3.05) is 19.8 Å². The van der Waals surface area contributed by atoms with Crippen LogP contribution in [0.25, 0.3) is 0 Å². The molecule has 0 aliphatic carbocycles. The topological polar surface area (TPSA) is 32.7 Å². The molecule has 1 unspecified atom stereocenters. The van der Waals surface area contributed by atoms with Crippen molar-refractivity contribution in [3.63, 3.8) is 0 Å². The molecule has 0 spiro atoms. The van der Waals surface area contributed by atoms with E-state index in [0.717, 1.165) is 13.2 Å². The van der Waals surface area contributed by atoms with Crippen molar-refractivity contribution in [1.29, 1.82) is 0 Å². The number of aliphatic hydroxyl groups excluding tert-OH is 1. The van der Waals surface area contributed by atoms with Crippen molar-refractivity contribution in [2.45, 2.75) is 44.4 Å². The number of hydrogen-bond donors (Lipinski definition) is 1. The van der Waals surface area contributed by atoms with E-state index >= 15 is 0 Å². The summed E-state index contributed by atoms with van der Waals surface area (Å²) in [4.78, 5) is 2.62. The maximum Gasteiger partial charge on any atom is 0.0717 e. The number of benzene rings is 1. The summed E-state index contributed by atoms with van der Waals surface area (Å²) in [5, 5.41) is 9.34. The molecule has 1 N–H and O–H groups in total. The van der Waals surface area contributed by atoms with Crippen LogP contribution >= 0.6 is 0 Å². The van der Waals surface area contributed by atoms with Gasteiger partial charge >= 0.3 is 0 Å². The molecule has 2 fully saturated rings. The van der Waals surface area contributed by atoms with Crippen LogP contribution in [0, 0.1) is 5.92 Å². The summed E-state index contributed by atoms with van der Waals surface area (Å²) in [7, 11) is 0. The van der Waals surface area contributed by atoms with E-state index in [1.165, 1.54) is 31.2 Å². The minimum Gasteiger partial charge on any atom is -0.396 e. The number of fused-ring (bicyclic) bond motifs is 2. The molecule has 3 rings (SSSR count). The van der Waals surface area contributed by atoms with Gasteiger partial charge in [0.25, 0.3) is 0 Å². The SMILES string of the molecule is OCC1C[C@H]2CC[C@@H](C1)N2CCOCc1ccccc1. The molecule has 1 aromatic rings. The normalized spacial score (nSPS) is 29.8. The first-order valence-electron chi connectivity index (χ1n) is 7.85. The maximum absolute atomic E-state index is 9.34. The molecular formula is C17H25NO2. The van der Waals surface area contributed by atoms with Gasteiger partial charge in [0, 0.05) is 25.2 Å². The van der Waals surface area contributed by atoms with Crippen molar-refractivity contribution < 1.29 is 9.84 Å². The molecule has 2 aliphatic rings. The van der Waals surface area contributed by atoms with E-state index in [2.05, 4.69) is 29.2 Å². The fraction of sp³-hybridized carbons (Fsp3) is 0.647. The molecule has 110 valence electrons. The van der Waals surface area contributed by atoms with Crippen LogP contribution in [0.2, 0.25) is 0 Å². The fourth-order valence-corrected chi connectivity index (χ4v) is 3.84. The summed E-state index contributed by atoms with van der Waals surface area (Å²) in [5.74, 6) is 0.536. The first kappa shape index (κ1) is 14.1. The van der Waals surface area contributed by atoms with Crippen LogP contribution in [-0.4, -0.2) is 41.8 Å². The van der Waals surface area contributed by atoms with Gasteiger partial charge in [0.15, 0.2) is 0 Å². The van der Waals surface area contributed by atoms with Gasteiger partial charge in [-0.1, -0.05) is 30.3 Å². The van der Waals surface area contributed by atoms with Gasteiger partial charge in [0.05, 0.1) is 13.2 Å². The highest BCUT2D eigenvalue weighted by Gasteiger charge is 2.39. The molecule has 2 bridgehead atoms. The minimum atomic E-state index is 0.366. The highest BCUT2D eigenvalue weighted by Crippen LogP contribution is 2.38. The number of aliphatic hydroxyl groups is 1. The monoisotopic (exact) mass is 275 g/mol. The van der Waals surface area contributed by atoms with Gasteiger partial charge in [-0.25, -0.2) is 0 Å². The summed E-state index contributed by atoms with van der Waals surface area (Å²) in [6.07, 6.45) is 4.96. The summed E-state index contributed by atoms with van der Waals surface area (Å²) in [5.41, 5.74) is 1.24. The smallest absolute Gasteiger partial charge is 0.0717 e. The van der Waals surface area contributed by atoms with Gasteiger partial charge in [-0.05, 0) is 37.2 Å². The number of piperidine rings is 1. The second-order valence-electron chi connectivity index (χ2n) is 6.18. The Hall–Kier alpha value is -0.900. The summed E-state index contributed by atoms with van der Waals surface area (Å²) >= 11 is 0. The minimum absolute atomic E-state index is 0.366. The van der Waals surface area contributed by atoms with E-state index in [1.54, 1.807) is 0 Å². The second-order valence-corrected chi connectivity index (χ2v) is 6.18. The Balaban J connectivity index is 1.41. The molecule has 2 saturated heterocycles. The lowest BCUT2D eigenvalue weighted by molar-refractivity contribution is 0.0355. The van der Waals surface area contributed by atoms with Crippen LogP contribution in [-0.2, 0) is 11.3 Å². The van der Waals surface area contributed by atoms with Crippen LogP contribution in [0.4, 0.5) is 0 Å². The molecule has 2 aliphatic heterocycles. The Bertz CT molecular complexity index is 395. The molecule has 3 atom stereocenters. The Morgan fingerprint density at radius 3 is 2.45 bits per heavy atom. The summed E-state index contributed by atoms with van der Waals surface area (Å²) in [6.45, 7) is 2.93. The molecule has 20 heavy (non-hydrogen) atoms. The lowest BCUT2D eigenvalue weighted by Crippen LogP contribution is -2.45. The Labute approximate surface area is 121 Å². The number of hydrogen-bond acceptors (Lipinski definition) is 3. The van der Waals surface area contributed by atoms with Crippen molar-refractivity contribution in [2.24, 2.45) is 5.92 Å². The van der Waals surface area contributed by atoms with E-state index in [1.807, 2.05) is 6.07 Å². The number of nitrogens with zero attached hydrogens (tertiary/aromatic N) is 1. The quantitative estimate of drug-likeness (QED) is 0.809. The Morgan fingerprint density at radius 1 is 1.10 bits per heavy atom. The molecule has 3 nitrogen and oxygen atoms in total. The van der Waals surface area contributed by atoms with Crippen LogP contribution in [0.3, 0.4) is 0 Å². The third kappa shape index (κ3) is 3.22. The number of ether oxygens (including phenoxy) is 1. The first-order chi connectivity index (χ1) is 9.86. The molecule has 3 heteroatoms. The van der Waals surface area contributed by atoms with E-state index < -0.39 is 0 Å². The molecule has 0 aromatic heterocycles. The Kier molecular flexibility index (Phi) is 4.71. The van der Waals surface area contributed by atoms with Gasteiger partial charge in [-0.3, -0.25) is 4.90 Å². The second kappa shape index (κ2) is 6.70. The predicted octanol–water partition coefficient (Wildman–Crippen LogP) is 2.44. The van der Waals surface area contributed by atoms with Crippen LogP contribution < -0.4 is 0 Å². The maximum atomic E-state index is 9.34. The third-order valence-electron chi connectivity index (χ3n) is 4.85. The molecule has 0 saturated carbocycles. The molecule has 0 radical (unpaired) electrons. The summed E-state index contributed by atoms with van der Waals surface area (Å²) in [6, 6.07) is 11.7. The molecule has 2 heterocycles. The van der Waals surface area contributed by atoms with Crippen LogP contribution in [0.5, 0.6) is 0 Å². The van der Waals surface area contributed by atoms with Gasteiger partial charge in [0.2, 0.25) is 0 Å². The van der Waals surface area contributed by atoms with Crippen molar-refractivity contribution in [3.05, 3.63) is 35.9 Å².